The van der Waals surface area contributed by atoms with Crippen LogP contribution in [0.5, 0.6) is 11.5 Å². The second-order valence-electron chi connectivity index (χ2n) is 3.16. The van der Waals surface area contributed by atoms with Crippen molar-refractivity contribution in [1.82, 2.24) is 4.98 Å². The van der Waals surface area contributed by atoms with Gasteiger partial charge in [-0.1, -0.05) is 0 Å². The maximum absolute atomic E-state index is 12.6. The fraction of sp³-hybridized carbons (Fsp3) is 0.444. The average Bonchev–Trinajstić information content (AvgIpc) is 2.24. The maximum Gasteiger partial charge on any atom is 0.573 e. The van der Waals surface area contributed by atoms with E-state index < -0.39 is 35.5 Å². The van der Waals surface area contributed by atoms with Crippen LogP contribution in [0.3, 0.4) is 0 Å². The zero-order valence-corrected chi connectivity index (χ0v) is 9.95. The van der Waals surface area contributed by atoms with Gasteiger partial charge in [0.05, 0.1) is 13.0 Å². The molecule has 0 aliphatic heterocycles. The van der Waals surface area contributed by atoms with Crippen molar-refractivity contribution in [3.05, 3.63) is 17.5 Å². The highest BCUT2D eigenvalue weighted by atomic mass is 35.5. The van der Waals surface area contributed by atoms with Crippen LogP contribution in [-0.4, -0.2) is 18.5 Å². The van der Waals surface area contributed by atoms with E-state index in [1.165, 1.54) is 0 Å². The minimum absolute atomic E-state index is 0.210. The van der Waals surface area contributed by atoms with Crippen LogP contribution >= 0.6 is 11.6 Å². The van der Waals surface area contributed by atoms with Crippen molar-refractivity contribution in [1.29, 1.82) is 0 Å². The number of hydrogen-bond acceptors (Lipinski definition) is 3. The summed E-state index contributed by atoms with van der Waals surface area (Å²) in [6, 6.07) is 0. The third kappa shape index (κ3) is 3.79. The summed E-state index contributed by atoms with van der Waals surface area (Å²) < 4.78 is 82.1. The highest BCUT2D eigenvalue weighted by Gasteiger charge is 2.42. The molecule has 0 N–H and O–H groups in total. The van der Waals surface area contributed by atoms with E-state index in [9.17, 15) is 26.3 Å². The van der Waals surface area contributed by atoms with Gasteiger partial charge in [-0.25, -0.2) is 0 Å². The van der Waals surface area contributed by atoms with Gasteiger partial charge in [-0.3, -0.25) is 4.98 Å². The molecule has 0 amide bonds. The Morgan fingerprint density at radius 1 is 1.16 bits per heavy atom. The van der Waals surface area contributed by atoms with E-state index in [1.807, 2.05) is 0 Å². The molecule has 0 saturated heterocycles. The van der Waals surface area contributed by atoms with E-state index in [0.717, 1.165) is 7.11 Å². The lowest BCUT2D eigenvalue weighted by Crippen LogP contribution is -2.21. The fourth-order valence-corrected chi connectivity index (χ4v) is 1.43. The number of pyridine rings is 1. The van der Waals surface area contributed by atoms with Crippen molar-refractivity contribution in [2.75, 3.05) is 7.11 Å². The van der Waals surface area contributed by atoms with Gasteiger partial charge in [-0.15, -0.1) is 24.8 Å². The van der Waals surface area contributed by atoms with E-state index in [0.29, 0.717) is 0 Å². The molecule has 1 rings (SSSR count). The smallest absolute Gasteiger partial charge is 0.491 e. The molecular formula is C9H6ClF6NO2. The third-order valence-corrected chi connectivity index (χ3v) is 2.17. The Hall–Kier alpha value is -1.38. The molecule has 19 heavy (non-hydrogen) atoms. The number of halogens is 7. The van der Waals surface area contributed by atoms with Gasteiger partial charge in [0.15, 0.2) is 11.5 Å². The first-order chi connectivity index (χ1) is 8.60. The molecule has 0 atom stereocenters. The zero-order chi connectivity index (χ0) is 14.8. The molecule has 0 unspecified atom stereocenters. The maximum atomic E-state index is 12.6. The predicted molar refractivity (Wildman–Crippen MR) is 52.0 cm³/mol. The van der Waals surface area contributed by atoms with Crippen LogP contribution in [-0.2, 0) is 12.1 Å². The minimum Gasteiger partial charge on any atom is -0.491 e. The van der Waals surface area contributed by atoms with Gasteiger partial charge in [0.25, 0.3) is 0 Å². The Morgan fingerprint density at radius 3 is 2.11 bits per heavy atom. The van der Waals surface area contributed by atoms with Gasteiger partial charge < -0.3 is 9.47 Å². The highest BCUT2D eigenvalue weighted by molar-refractivity contribution is 6.17. The van der Waals surface area contributed by atoms with Crippen LogP contribution in [0.4, 0.5) is 26.3 Å². The van der Waals surface area contributed by atoms with Gasteiger partial charge in [-0.2, -0.15) is 13.2 Å². The number of aromatic nitrogens is 1. The highest BCUT2D eigenvalue weighted by Crippen LogP contribution is 2.44. The Balaban J connectivity index is 3.49. The molecule has 1 heterocycles. The summed E-state index contributed by atoms with van der Waals surface area (Å²) in [7, 11) is 0.885. The molecule has 0 spiro atoms. The second kappa shape index (κ2) is 5.32. The van der Waals surface area contributed by atoms with Crippen LogP contribution in [0.25, 0.3) is 0 Å². The molecule has 1 aromatic heterocycles. The monoisotopic (exact) mass is 309 g/mol. The zero-order valence-electron chi connectivity index (χ0n) is 9.19. The molecule has 0 radical (unpaired) electrons. The number of ether oxygens (including phenoxy) is 2. The van der Waals surface area contributed by atoms with Gasteiger partial charge in [0.2, 0.25) is 0 Å². The topological polar surface area (TPSA) is 31.4 Å². The summed E-state index contributed by atoms with van der Waals surface area (Å²) in [6.07, 6.45) is -10.2. The molecule has 0 saturated carbocycles. The summed E-state index contributed by atoms with van der Waals surface area (Å²) in [5.41, 5.74) is -1.99. The summed E-state index contributed by atoms with van der Waals surface area (Å²) in [6.45, 7) is 0. The van der Waals surface area contributed by atoms with Crippen LogP contribution < -0.4 is 9.47 Å². The number of nitrogens with zero attached hydrogens (tertiary/aromatic N) is 1. The van der Waals surface area contributed by atoms with Crippen molar-refractivity contribution in [2.24, 2.45) is 0 Å². The van der Waals surface area contributed by atoms with Crippen molar-refractivity contribution < 1.29 is 35.8 Å². The van der Waals surface area contributed by atoms with Gasteiger partial charge in [0.1, 0.15) is 11.3 Å². The molecule has 108 valence electrons. The van der Waals surface area contributed by atoms with Crippen molar-refractivity contribution in [3.63, 3.8) is 0 Å². The molecule has 10 heteroatoms. The average molecular weight is 310 g/mol. The SMILES string of the molecule is COc1c(CCl)ncc(C(F)(F)F)c1OC(F)(F)F. The summed E-state index contributed by atoms with van der Waals surface area (Å²) in [5.74, 6) is -2.74. The fourth-order valence-electron chi connectivity index (χ4n) is 1.24. The molecule has 0 aliphatic carbocycles. The predicted octanol–water partition coefficient (Wildman–Crippen LogP) is 3.75. The lowest BCUT2D eigenvalue weighted by Gasteiger charge is -2.18. The van der Waals surface area contributed by atoms with Gasteiger partial charge in [0, 0.05) is 6.20 Å². The quantitative estimate of drug-likeness (QED) is 0.629. The second-order valence-corrected chi connectivity index (χ2v) is 3.43. The first kappa shape index (κ1) is 15.7. The van der Waals surface area contributed by atoms with Crippen molar-refractivity contribution in [2.45, 2.75) is 18.4 Å². The van der Waals surface area contributed by atoms with Crippen molar-refractivity contribution in [3.8, 4) is 11.5 Å². The lowest BCUT2D eigenvalue weighted by molar-refractivity contribution is -0.276. The lowest BCUT2D eigenvalue weighted by atomic mass is 10.2. The molecule has 1 aromatic rings. The molecule has 0 fully saturated rings. The number of alkyl halides is 7. The first-order valence-corrected chi connectivity index (χ1v) is 5.08. The summed E-state index contributed by atoms with van der Waals surface area (Å²) in [5, 5.41) is 0. The first-order valence-electron chi connectivity index (χ1n) is 4.55. The van der Waals surface area contributed by atoms with Gasteiger partial charge >= 0.3 is 12.5 Å². The standard InChI is InChI=1S/C9H6ClF6NO2/c1-18-7-5(2-10)17-3-4(8(11,12)13)6(7)19-9(14,15)16/h3H,2H2,1H3. The molecule has 0 bridgehead atoms. The van der Waals surface area contributed by atoms with Gasteiger partial charge in [-0.05, 0) is 0 Å². The van der Waals surface area contributed by atoms with Crippen LogP contribution in [0.15, 0.2) is 6.20 Å². The molecular weight excluding hydrogens is 304 g/mol. The molecule has 0 aliphatic rings. The summed E-state index contributed by atoms with van der Waals surface area (Å²) >= 11 is 5.36. The van der Waals surface area contributed by atoms with Crippen molar-refractivity contribution >= 4 is 11.6 Å². The Morgan fingerprint density at radius 2 is 1.74 bits per heavy atom. The number of rotatable bonds is 3. The Kier molecular flexibility index (Phi) is 4.39. The van der Waals surface area contributed by atoms with E-state index in [2.05, 4.69) is 14.5 Å². The van der Waals surface area contributed by atoms with E-state index in [4.69, 9.17) is 11.6 Å². The molecule has 3 nitrogen and oxygen atoms in total. The van der Waals surface area contributed by atoms with Crippen LogP contribution in [0, 0.1) is 0 Å². The summed E-state index contributed by atoms with van der Waals surface area (Å²) in [4.78, 5) is 3.30. The largest absolute Gasteiger partial charge is 0.573 e. The van der Waals surface area contributed by atoms with Crippen LogP contribution in [0.2, 0.25) is 0 Å². The van der Waals surface area contributed by atoms with Crippen LogP contribution in [0.1, 0.15) is 11.3 Å². The molecule has 0 aromatic carbocycles. The number of hydrogen-bond donors (Lipinski definition) is 0. The van der Waals surface area contributed by atoms with E-state index in [1.54, 1.807) is 0 Å². The van der Waals surface area contributed by atoms with E-state index >= 15 is 0 Å². The minimum atomic E-state index is -5.31. The normalized spacial score (nSPS) is 12.4. The van der Waals surface area contributed by atoms with E-state index in [-0.39, 0.29) is 11.9 Å². The number of methoxy groups -OCH3 is 1. The third-order valence-electron chi connectivity index (χ3n) is 1.92. The Bertz CT molecular complexity index is 459. The Labute approximate surface area is 108 Å².